The highest BCUT2D eigenvalue weighted by Gasteiger charge is 2.34. The molecular formula is C13H16ClN3O2. The first kappa shape index (κ1) is 12.7. The summed E-state index contributed by atoms with van der Waals surface area (Å²) in [6.45, 7) is 3.09. The molecule has 5 nitrogen and oxygen atoms in total. The lowest BCUT2D eigenvalue weighted by Gasteiger charge is -2.22. The zero-order valence-corrected chi connectivity index (χ0v) is 11.4. The molecule has 19 heavy (non-hydrogen) atoms. The molecule has 2 aliphatic heterocycles. The third kappa shape index (κ3) is 2.08. The number of rotatable bonds is 1. The molecule has 102 valence electrons. The summed E-state index contributed by atoms with van der Waals surface area (Å²) in [7, 11) is 0. The van der Waals surface area contributed by atoms with Crippen molar-refractivity contribution >= 4 is 28.9 Å². The molecule has 2 unspecified atom stereocenters. The average molecular weight is 282 g/mol. The highest BCUT2D eigenvalue weighted by atomic mass is 35.5. The number of aliphatic hydroxyl groups is 1. The van der Waals surface area contributed by atoms with E-state index in [0.717, 1.165) is 17.8 Å². The van der Waals surface area contributed by atoms with E-state index in [1.165, 1.54) is 0 Å². The predicted molar refractivity (Wildman–Crippen MR) is 74.5 cm³/mol. The molecule has 0 bridgehead atoms. The number of hydrogen-bond acceptors (Lipinski definition) is 4. The van der Waals surface area contributed by atoms with Gasteiger partial charge in [-0.05, 0) is 25.5 Å². The number of β-amino-alcohol motifs (C(OH)–C–C–N with tert-alkyl or cyclic N) is 1. The number of halogens is 1. The molecule has 2 aliphatic rings. The second kappa shape index (κ2) is 4.10. The van der Waals surface area contributed by atoms with Gasteiger partial charge in [0.2, 0.25) is 5.91 Å². The van der Waals surface area contributed by atoms with E-state index in [2.05, 4.69) is 5.32 Å². The Bertz CT molecular complexity index is 559. The van der Waals surface area contributed by atoms with Crippen molar-refractivity contribution in [2.24, 2.45) is 5.73 Å². The van der Waals surface area contributed by atoms with Crippen LogP contribution in [0.4, 0.5) is 11.4 Å². The van der Waals surface area contributed by atoms with Gasteiger partial charge in [-0.1, -0.05) is 11.6 Å². The van der Waals surface area contributed by atoms with Gasteiger partial charge in [-0.15, -0.1) is 0 Å². The third-order valence-electron chi connectivity index (χ3n) is 3.79. The normalized spacial score (nSPS) is 29.6. The summed E-state index contributed by atoms with van der Waals surface area (Å²) in [6, 6.07) is 2.93. The van der Waals surface area contributed by atoms with Crippen molar-refractivity contribution in [1.29, 1.82) is 0 Å². The standard InChI is InChI=1S/C13H16ClN3O2/c1-13(19)2-3-17(6-13)10-5-9-7(4-8(10)14)11(15)12(18)16-9/h4-5,11,19H,2-3,6,15H2,1H3,(H,16,18). The molecule has 4 N–H and O–H groups in total. The second-order valence-corrected chi connectivity index (χ2v) is 5.93. The SMILES string of the molecule is CC1(O)CCN(c2cc3c(cc2Cl)C(N)C(=O)N3)C1. The van der Waals surface area contributed by atoms with Crippen molar-refractivity contribution in [2.75, 3.05) is 23.3 Å². The smallest absolute Gasteiger partial charge is 0.245 e. The maximum absolute atomic E-state index is 11.5. The van der Waals surface area contributed by atoms with E-state index in [9.17, 15) is 9.90 Å². The first-order valence-corrected chi connectivity index (χ1v) is 6.62. The molecule has 0 spiro atoms. The van der Waals surface area contributed by atoms with Crippen LogP contribution in [0.5, 0.6) is 0 Å². The molecule has 2 atom stereocenters. The number of hydrogen-bond donors (Lipinski definition) is 3. The van der Waals surface area contributed by atoms with Gasteiger partial charge < -0.3 is 21.1 Å². The Balaban J connectivity index is 1.97. The van der Waals surface area contributed by atoms with Crippen LogP contribution in [0.1, 0.15) is 24.9 Å². The van der Waals surface area contributed by atoms with Gasteiger partial charge in [0.25, 0.3) is 0 Å². The molecule has 1 aromatic rings. The minimum atomic E-state index is -0.692. The topological polar surface area (TPSA) is 78.6 Å². The van der Waals surface area contributed by atoms with E-state index >= 15 is 0 Å². The number of fused-ring (bicyclic) bond motifs is 1. The molecule has 1 amide bonds. The van der Waals surface area contributed by atoms with Crippen LogP contribution in [0.3, 0.4) is 0 Å². The fraction of sp³-hybridized carbons (Fsp3) is 0.462. The van der Waals surface area contributed by atoms with Crippen LogP contribution in [0.25, 0.3) is 0 Å². The van der Waals surface area contributed by atoms with E-state index in [-0.39, 0.29) is 5.91 Å². The maximum atomic E-state index is 11.5. The van der Waals surface area contributed by atoms with Crippen molar-refractivity contribution in [3.05, 3.63) is 22.7 Å². The average Bonchev–Trinajstić information content (AvgIpc) is 2.81. The number of amides is 1. The molecular weight excluding hydrogens is 266 g/mol. The van der Waals surface area contributed by atoms with E-state index < -0.39 is 11.6 Å². The largest absolute Gasteiger partial charge is 0.388 e. The Labute approximate surface area is 116 Å². The first-order valence-electron chi connectivity index (χ1n) is 6.25. The second-order valence-electron chi connectivity index (χ2n) is 5.53. The van der Waals surface area contributed by atoms with Crippen molar-refractivity contribution in [3.8, 4) is 0 Å². The molecule has 1 saturated heterocycles. The summed E-state index contributed by atoms with van der Waals surface area (Å²) in [6.07, 6.45) is 0.701. The summed E-state index contributed by atoms with van der Waals surface area (Å²) in [5, 5.41) is 13.3. The van der Waals surface area contributed by atoms with Crippen LogP contribution in [0, 0.1) is 0 Å². The van der Waals surface area contributed by atoms with Crippen LogP contribution in [0.15, 0.2) is 12.1 Å². The Morgan fingerprint density at radius 1 is 1.58 bits per heavy atom. The lowest BCUT2D eigenvalue weighted by Crippen LogP contribution is -2.29. The van der Waals surface area contributed by atoms with Crippen LogP contribution in [0.2, 0.25) is 5.02 Å². The molecule has 1 aromatic carbocycles. The number of nitrogens with two attached hydrogens (primary N) is 1. The van der Waals surface area contributed by atoms with Crippen molar-refractivity contribution in [2.45, 2.75) is 25.0 Å². The van der Waals surface area contributed by atoms with Gasteiger partial charge in [-0.3, -0.25) is 4.79 Å². The van der Waals surface area contributed by atoms with Gasteiger partial charge in [0.15, 0.2) is 0 Å². The van der Waals surface area contributed by atoms with E-state index in [1.54, 1.807) is 6.07 Å². The predicted octanol–water partition coefficient (Wildman–Crippen LogP) is 1.25. The summed E-state index contributed by atoms with van der Waals surface area (Å²) in [5.74, 6) is -0.211. The zero-order chi connectivity index (χ0) is 13.8. The van der Waals surface area contributed by atoms with Crippen LogP contribution >= 0.6 is 11.6 Å². The molecule has 6 heteroatoms. The summed E-state index contributed by atoms with van der Waals surface area (Å²) in [5.41, 5.74) is 7.35. The van der Waals surface area contributed by atoms with E-state index in [1.807, 2.05) is 17.9 Å². The molecule has 0 saturated carbocycles. The summed E-state index contributed by atoms with van der Waals surface area (Å²) < 4.78 is 0. The first-order chi connectivity index (χ1) is 8.87. The van der Waals surface area contributed by atoms with Gasteiger partial charge in [0, 0.05) is 24.3 Å². The van der Waals surface area contributed by atoms with Crippen LogP contribution < -0.4 is 16.0 Å². The van der Waals surface area contributed by atoms with Crippen molar-refractivity contribution < 1.29 is 9.90 Å². The van der Waals surface area contributed by atoms with E-state index in [0.29, 0.717) is 23.7 Å². The fourth-order valence-electron chi connectivity index (χ4n) is 2.69. The number of carbonyl (C=O) groups is 1. The van der Waals surface area contributed by atoms with Gasteiger partial charge >= 0.3 is 0 Å². The Kier molecular flexibility index (Phi) is 2.74. The third-order valence-corrected chi connectivity index (χ3v) is 4.09. The zero-order valence-electron chi connectivity index (χ0n) is 10.6. The molecule has 0 aliphatic carbocycles. The molecule has 2 heterocycles. The minimum Gasteiger partial charge on any atom is -0.388 e. The Hall–Kier alpha value is -1.30. The quantitative estimate of drug-likeness (QED) is 0.724. The number of benzene rings is 1. The fourth-order valence-corrected chi connectivity index (χ4v) is 2.98. The maximum Gasteiger partial charge on any atom is 0.245 e. The monoisotopic (exact) mass is 281 g/mol. The number of carbonyl (C=O) groups excluding carboxylic acids is 1. The summed E-state index contributed by atoms with van der Waals surface area (Å²) in [4.78, 5) is 13.6. The van der Waals surface area contributed by atoms with E-state index in [4.69, 9.17) is 17.3 Å². The number of nitrogens with one attached hydrogen (secondary N) is 1. The van der Waals surface area contributed by atoms with Crippen LogP contribution in [-0.2, 0) is 4.79 Å². The van der Waals surface area contributed by atoms with Gasteiger partial charge in [-0.25, -0.2) is 0 Å². The summed E-state index contributed by atoms with van der Waals surface area (Å²) >= 11 is 6.28. The highest BCUT2D eigenvalue weighted by Crippen LogP contribution is 2.39. The molecule has 0 radical (unpaired) electrons. The van der Waals surface area contributed by atoms with Crippen molar-refractivity contribution in [1.82, 2.24) is 0 Å². The lowest BCUT2D eigenvalue weighted by atomic mass is 10.1. The van der Waals surface area contributed by atoms with Crippen LogP contribution in [-0.4, -0.2) is 29.7 Å². The molecule has 3 rings (SSSR count). The Morgan fingerprint density at radius 2 is 2.32 bits per heavy atom. The van der Waals surface area contributed by atoms with Gasteiger partial charge in [-0.2, -0.15) is 0 Å². The minimum absolute atomic E-state index is 0.211. The van der Waals surface area contributed by atoms with Gasteiger partial charge in [0.1, 0.15) is 6.04 Å². The molecule has 0 aromatic heterocycles. The Morgan fingerprint density at radius 3 is 2.95 bits per heavy atom. The lowest BCUT2D eigenvalue weighted by molar-refractivity contribution is -0.116. The number of nitrogens with zero attached hydrogens (tertiary/aromatic N) is 1. The van der Waals surface area contributed by atoms with Gasteiger partial charge in [0.05, 0.1) is 16.3 Å². The molecule has 1 fully saturated rings. The highest BCUT2D eigenvalue weighted by molar-refractivity contribution is 6.33. The number of anilines is 2. The van der Waals surface area contributed by atoms with Crippen molar-refractivity contribution in [3.63, 3.8) is 0 Å².